The summed E-state index contributed by atoms with van der Waals surface area (Å²) in [5.74, 6) is 0.721. The van der Waals surface area contributed by atoms with E-state index in [1.807, 2.05) is 0 Å². The molecule has 0 aliphatic rings. The Morgan fingerprint density at radius 3 is 2.42 bits per heavy atom. The van der Waals surface area contributed by atoms with Crippen LogP contribution in [-0.2, 0) is 21.9 Å². The van der Waals surface area contributed by atoms with Crippen LogP contribution in [0.2, 0.25) is 0 Å². The van der Waals surface area contributed by atoms with Gasteiger partial charge in [-0.15, -0.1) is 10.2 Å². The summed E-state index contributed by atoms with van der Waals surface area (Å²) >= 11 is 0. The Morgan fingerprint density at radius 2 is 2.08 bits per heavy atom. The third-order valence-corrected chi connectivity index (χ3v) is 2.41. The van der Waals surface area contributed by atoms with Gasteiger partial charge in [0.2, 0.25) is 9.05 Å². The van der Waals surface area contributed by atoms with Crippen molar-refractivity contribution in [3.8, 4) is 0 Å². The van der Waals surface area contributed by atoms with E-state index in [2.05, 4.69) is 10.2 Å². The lowest BCUT2D eigenvalue weighted by Gasteiger charge is -1.97. The number of rotatable bonds is 2. The molecule has 68 valence electrons. The summed E-state index contributed by atoms with van der Waals surface area (Å²) < 4.78 is 22.9. The molecule has 0 radical (unpaired) electrons. The molecule has 1 aromatic heterocycles. The smallest absolute Gasteiger partial charge is 0.239 e. The van der Waals surface area contributed by atoms with E-state index in [1.54, 1.807) is 18.5 Å². The molecule has 5 nitrogen and oxygen atoms in total. The first-order valence-electron chi connectivity index (χ1n) is 3.17. The topological polar surface area (TPSA) is 64.8 Å². The van der Waals surface area contributed by atoms with E-state index >= 15 is 0 Å². The first-order valence-corrected chi connectivity index (χ1v) is 5.65. The number of aryl methyl sites for hydroxylation is 1. The average molecular weight is 210 g/mol. The van der Waals surface area contributed by atoms with Gasteiger partial charge in [0.15, 0.2) is 0 Å². The lowest BCUT2D eigenvalue weighted by Crippen LogP contribution is -2.04. The van der Waals surface area contributed by atoms with Gasteiger partial charge < -0.3 is 4.57 Å². The molecule has 12 heavy (non-hydrogen) atoms. The van der Waals surface area contributed by atoms with Crippen LogP contribution in [0.3, 0.4) is 0 Å². The quantitative estimate of drug-likeness (QED) is 0.653. The van der Waals surface area contributed by atoms with Gasteiger partial charge >= 0.3 is 0 Å². The Hall–Kier alpha value is -0.620. The van der Waals surface area contributed by atoms with Crippen molar-refractivity contribution in [2.75, 3.05) is 0 Å². The summed E-state index contributed by atoms with van der Waals surface area (Å²) in [5, 5.41) is 7.34. The van der Waals surface area contributed by atoms with Crippen molar-refractivity contribution in [3.05, 3.63) is 11.6 Å². The van der Waals surface area contributed by atoms with Crippen LogP contribution < -0.4 is 0 Å². The predicted octanol–water partition coefficient (Wildman–Crippen LogP) is 0.192. The van der Waals surface area contributed by atoms with Crippen LogP contribution in [0.4, 0.5) is 0 Å². The molecule has 1 rings (SSSR count). The molecule has 0 spiro atoms. The second kappa shape index (κ2) is 3.02. The zero-order valence-corrected chi connectivity index (χ0v) is 8.22. The Balaban J connectivity index is 2.99. The van der Waals surface area contributed by atoms with Gasteiger partial charge in [0.05, 0.1) is 0 Å². The fourth-order valence-corrected chi connectivity index (χ4v) is 1.58. The number of nitrogens with zero attached hydrogens (tertiary/aromatic N) is 3. The van der Waals surface area contributed by atoms with Crippen molar-refractivity contribution in [2.45, 2.75) is 12.7 Å². The summed E-state index contributed by atoms with van der Waals surface area (Å²) in [4.78, 5) is 0. The number of hydrogen-bond donors (Lipinski definition) is 0. The maximum absolute atomic E-state index is 10.6. The second-order valence-corrected chi connectivity index (χ2v) is 5.18. The number of hydrogen-bond acceptors (Lipinski definition) is 4. The molecule has 0 aliphatic carbocycles. The van der Waals surface area contributed by atoms with E-state index in [1.165, 1.54) is 0 Å². The normalized spacial score (nSPS) is 11.9. The minimum Gasteiger partial charge on any atom is -0.317 e. The molecule has 0 unspecified atom stereocenters. The van der Waals surface area contributed by atoms with Gasteiger partial charge in [0.1, 0.15) is 17.4 Å². The Bertz CT molecular complexity index is 383. The third-order valence-electron chi connectivity index (χ3n) is 1.48. The van der Waals surface area contributed by atoms with E-state index in [0.29, 0.717) is 11.6 Å². The molecule has 1 aromatic rings. The first-order chi connectivity index (χ1) is 5.40. The van der Waals surface area contributed by atoms with Crippen LogP contribution in [0, 0.1) is 6.92 Å². The van der Waals surface area contributed by atoms with Crippen molar-refractivity contribution in [1.29, 1.82) is 0 Å². The molecule has 0 fully saturated rings. The summed E-state index contributed by atoms with van der Waals surface area (Å²) in [6.45, 7) is 1.73. The molecular formula is C5H8ClN3O2S. The molecule has 0 N–H and O–H groups in total. The molecular weight excluding hydrogens is 202 g/mol. The molecule has 0 saturated heterocycles. The highest BCUT2D eigenvalue weighted by Gasteiger charge is 2.13. The van der Waals surface area contributed by atoms with E-state index in [0.717, 1.165) is 0 Å². The highest BCUT2D eigenvalue weighted by Crippen LogP contribution is 2.07. The van der Waals surface area contributed by atoms with Crippen molar-refractivity contribution in [3.63, 3.8) is 0 Å². The lowest BCUT2D eigenvalue weighted by molar-refractivity contribution is 0.606. The molecule has 0 atom stereocenters. The number of aromatic nitrogens is 3. The average Bonchev–Trinajstić information content (AvgIpc) is 2.16. The van der Waals surface area contributed by atoms with Crippen LogP contribution in [0.1, 0.15) is 11.6 Å². The van der Waals surface area contributed by atoms with E-state index < -0.39 is 9.05 Å². The van der Waals surface area contributed by atoms with Crippen molar-refractivity contribution in [2.24, 2.45) is 7.05 Å². The minimum atomic E-state index is -3.54. The Kier molecular flexibility index (Phi) is 2.39. The summed E-state index contributed by atoms with van der Waals surface area (Å²) in [7, 11) is 3.19. The van der Waals surface area contributed by atoms with E-state index in [-0.39, 0.29) is 5.75 Å². The molecule has 0 saturated carbocycles. The standard InChI is InChI=1S/C5H8ClN3O2S/c1-4-7-8-5(9(4)2)3-12(6,10)11/h3H2,1-2H3. The predicted molar refractivity (Wildman–Crippen MR) is 44.2 cm³/mol. The highest BCUT2D eigenvalue weighted by molar-refractivity contribution is 8.13. The van der Waals surface area contributed by atoms with Gasteiger partial charge in [-0.25, -0.2) is 8.42 Å². The highest BCUT2D eigenvalue weighted by atomic mass is 35.7. The lowest BCUT2D eigenvalue weighted by atomic mass is 10.6. The van der Waals surface area contributed by atoms with Crippen molar-refractivity contribution in [1.82, 2.24) is 14.8 Å². The van der Waals surface area contributed by atoms with Gasteiger partial charge in [-0.2, -0.15) is 0 Å². The summed E-state index contributed by atoms with van der Waals surface area (Å²) in [5.41, 5.74) is 0. The molecule has 1 heterocycles. The fraction of sp³-hybridized carbons (Fsp3) is 0.600. The fourth-order valence-electron chi connectivity index (χ4n) is 0.731. The monoisotopic (exact) mass is 209 g/mol. The molecule has 0 aliphatic heterocycles. The van der Waals surface area contributed by atoms with Crippen LogP contribution in [0.15, 0.2) is 0 Å². The van der Waals surface area contributed by atoms with Crippen LogP contribution in [-0.4, -0.2) is 23.2 Å². The Labute approximate surface area is 74.8 Å². The first kappa shape index (κ1) is 9.47. The molecule has 0 amide bonds. The van der Waals surface area contributed by atoms with Gasteiger partial charge in [0.25, 0.3) is 0 Å². The molecule has 0 aromatic carbocycles. The van der Waals surface area contributed by atoms with Gasteiger partial charge in [-0.3, -0.25) is 0 Å². The zero-order chi connectivity index (χ0) is 9.35. The molecule has 0 bridgehead atoms. The van der Waals surface area contributed by atoms with Gasteiger partial charge in [0, 0.05) is 17.7 Å². The Morgan fingerprint density at radius 1 is 1.50 bits per heavy atom. The van der Waals surface area contributed by atoms with Crippen LogP contribution >= 0.6 is 10.7 Å². The zero-order valence-electron chi connectivity index (χ0n) is 6.65. The SMILES string of the molecule is Cc1nnc(CS(=O)(=O)Cl)n1C. The van der Waals surface area contributed by atoms with E-state index in [9.17, 15) is 8.42 Å². The van der Waals surface area contributed by atoms with Crippen LogP contribution in [0.5, 0.6) is 0 Å². The van der Waals surface area contributed by atoms with Gasteiger partial charge in [-0.1, -0.05) is 0 Å². The summed E-state index contributed by atoms with van der Waals surface area (Å²) in [6.07, 6.45) is 0. The maximum Gasteiger partial charge on any atom is 0.239 e. The van der Waals surface area contributed by atoms with Crippen LogP contribution in [0.25, 0.3) is 0 Å². The maximum atomic E-state index is 10.6. The molecule has 7 heteroatoms. The number of halogens is 1. The van der Waals surface area contributed by atoms with E-state index in [4.69, 9.17) is 10.7 Å². The van der Waals surface area contributed by atoms with Crippen molar-refractivity contribution >= 4 is 19.7 Å². The largest absolute Gasteiger partial charge is 0.317 e. The third kappa shape index (κ3) is 2.18. The van der Waals surface area contributed by atoms with Gasteiger partial charge in [-0.05, 0) is 6.92 Å². The van der Waals surface area contributed by atoms with Crippen molar-refractivity contribution < 1.29 is 8.42 Å². The minimum absolute atomic E-state index is 0.286. The summed E-state index contributed by atoms with van der Waals surface area (Å²) in [6, 6.07) is 0. The second-order valence-electron chi connectivity index (χ2n) is 2.41.